The number of benzene rings is 1. The van der Waals surface area contributed by atoms with Gasteiger partial charge in [0, 0.05) is 24.3 Å². The minimum atomic E-state index is -0.275. The van der Waals surface area contributed by atoms with Crippen LogP contribution >= 0.6 is 11.8 Å². The topological polar surface area (TPSA) is 71.1 Å². The molecule has 21 heavy (non-hydrogen) atoms. The zero-order valence-electron chi connectivity index (χ0n) is 11.5. The summed E-state index contributed by atoms with van der Waals surface area (Å²) >= 11 is 1.49. The summed E-state index contributed by atoms with van der Waals surface area (Å²) in [7, 11) is 1.54. The number of hydrogen-bond acceptors (Lipinski definition) is 4. The SMILES string of the molecule is CNC(=O)c1ccccc1C(=O)NCSc1ccncc1. The summed E-state index contributed by atoms with van der Waals surface area (Å²) in [5.41, 5.74) is 0.735. The Balaban J connectivity index is 1.99. The number of pyridine rings is 1. The fourth-order valence-corrected chi connectivity index (χ4v) is 2.41. The van der Waals surface area contributed by atoms with Gasteiger partial charge in [-0.3, -0.25) is 14.6 Å². The molecule has 0 aliphatic heterocycles. The Kier molecular flexibility index (Phi) is 5.34. The van der Waals surface area contributed by atoms with Gasteiger partial charge in [0.15, 0.2) is 0 Å². The van der Waals surface area contributed by atoms with Crippen LogP contribution < -0.4 is 10.6 Å². The lowest BCUT2D eigenvalue weighted by Crippen LogP contribution is -2.27. The first-order valence-corrected chi connectivity index (χ1v) is 7.33. The predicted molar refractivity (Wildman–Crippen MR) is 82.3 cm³/mol. The lowest BCUT2D eigenvalue weighted by atomic mass is 10.1. The molecule has 0 aliphatic carbocycles. The lowest BCUT2D eigenvalue weighted by molar-refractivity contribution is 0.0928. The molecule has 108 valence electrons. The highest BCUT2D eigenvalue weighted by atomic mass is 32.2. The minimum Gasteiger partial charge on any atom is -0.355 e. The van der Waals surface area contributed by atoms with E-state index < -0.39 is 0 Å². The maximum Gasteiger partial charge on any atom is 0.252 e. The molecule has 0 atom stereocenters. The second kappa shape index (κ2) is 7.44. The van der Waals surface area contributed by atoms with Crippen LogP contribution in [0, 0.1) is 0 Å². The van der Waals surface area contributed by atoms with E-state index in [4.69, 9.17) is 0 Å². The third-order valence-electron chi connectivity index (χ3n) is 2.76. The predicted octanol–water partition coefficient (Wildman–Crippen LogP) is 1.92. The number of hydrogen-bond donors (Lipinski definition) is 2. The maximum atomic E-state index is 12.2. The Bertz CT molecular complexity index is 632. The van der Waals surface area contributed by atoms with Crippen molar-refractivity contribution in [1.29, 1.82) is 0 Å². The van der Waals surface area contributed by atoms with E-state index in [9.17, 15) is 9.59 Å². The second-order valence-electron chi connectivity index (χ2n) is 4.10. The van der Waals surface area contributed by atoms with Crippen LogP contribution in [0.2, 0.25) is 0 Å². The van der Waals surface area contributed by atoms with Crippen LogP contribution in [0.25, 0.3) is 0 Å². The number of rotatable bonds is 5. The summed E-state index contributed by atoms with van der Waals surface area (Å²) < 4.78 is 0. The molecule has 2 N–H and O–H groups in total. The van der Waals surface area contributed by atoms with Crippen LogP contribution in [-0.4, -0.2) is 29.7 Å². The van der Waals surface area contributed by atoms with E-state index in [-0.39, 0.29) is 11.8 Å². The molecular formula is C15H15N3O2S. The van der Waals surface area contributed by atoms with Gasteiger partial charge in [-0.05, 0) is 24.3 Å². The van der Waals surface area contributed by atoms with Gasteiger partial charge >= 0.3 is 0 Å². The van der Waals surface area contributed by atoms with Crippen LogP contribution in [-0.2, 0) is 0 Å². The van der Waals surface area contributed by atoms with E-state index >= 15 is 0 Å². The molecule has 0 saturated carbocycles. The molecule has 1 aromatic heterocycles. The Labute approximate surface area is 127 Å². The third kappa shape index (κ3) is 4.06. The standard InChI is InChI=1S/C15H15N3O2S/c1-16-14(19)12-4-2-3-5-13(12)15(20)18-10-21-11-6-8-17-9-7-11/h2-9H,10H2,1H3,(H,16,19)(H,18,20). The fraction of sp³-hybridized carbons (Fsp3) is 0.133. The molecule has 0 saturated heterocycles. The van der Waals surface area contributed by atoms with Crippen molar-refractivity contribution >= 4 is 23.6 Å². The molecule has 0 unspecified atom stereocenters. The summed E-state index contributed by atoms with van der Waals surface area (Å²) in [5, 5.41) is 5.32. The number of carbonyl (C=O) groups is 2. The summed E-state index contributed by atoms with van der Waals surface area (Å²) in [6.45, 7) is 0. The van der Waals surface area contributed by atoms with Crippen LogP contribution in [0.5, 0.6) is 0 Å². The van der Waals surface area contributed by atoms with Crippen molar-refractivity contribution in [3.63, 3.8) is 0 Å². The van der Waals surface area contributed by atoms with E-state index in [1.165, 1.54) is 18.8 Å². The van der Waals surface area contributed by atoms with Crippen molar-refractivity contribution in [3.05, 3.63) is 59.9 Å². The van der Waals surface area contributed by atoms with E-state index in [0.29, 0.717) is 17.0 Å². The van der Waals surface area contributed by atoms with Crippen molar-refractivity contribution in [2.75, 3.05) is 12.9 Å². The van der Waals surface area contributed by atoms with Gasteiger partial charge in [0.1, 0.15) is 0 Å². The summed E-state index contributed by atoms with van der Waals surface area (Å²) in [6.07, 6.45) is 3.40. The molecule has 2 aromatic rings. The minimum absolute atomic E-state index is 0.268. The van der Waals surface area contributed by atoms with Gasteiger partial charge in [0.25, 0.3) is 11.8 Å². The molecule has 0 bridgehead atoms. The second-order valence-corrected chi connectivity index (χ2v) is 5.15. The summed E-state index contributed by atoms with van der Waals surface area (Å²) in [6, 6.07) is 10.5. The van der Waals surface area contributed by atoms with Crippen LogP contribution in [0.15, 0.2) is 53.7 Å². The van der Waals surface area contributed by atoms with Crippen molar-refractivity contribution in [2.45, 2.75) is 4.90 Å². The fourth-order valence-electron chi connectivity index (χ4n) is 1.73. The van der Waals surface area contributed by atoms with Crippen LogP contribution in [0.4, 0.5) is 0 Å². The molecule has 0 aliphatic rings. The molecule has 0 fully saturated rings. The van der Waals surface area contributed by atoms with Crippen LogP contribution in [0.3, 0.4) is 0 Å². The number of nitrogens with one attached hydrogen (secondary N) is 2. The maximum absolute atomic E-state index is 12.2. The molecule has 1 heterocycles. The Morgan fingerprint density at radius 2 is 1.67 bits per heavy atom. The van der Waals surface area contributed by atoms with E-state index in [2.05, 4.69) is 15.6 Å². The molecule has 6 heteroatoms. The lowest BCUT2D eigenvalue weighted by Gasteiger charge is -2.09. The normalized spacial score (nSPS) is 9.95. The van der Waals surface area contributed by atoms with E-state index in [1.54, 1.807) is 36.7 Å². The molecule has 2 rings (SSSR count). The van der Waals surface area contributed by atoms with Gasteiger partial charge in [-0.2, -0.15) is 0 Å². The molecule has 2 amide bonds. The Morgan fingerprint density at radius 1 is 1.05 bits per heavy atom. The molecule has 5 nitrogen and oxygen atoms in total. The number of thioether (sulfide) groups is 1. The average molecular weight is 301 g/mol. The Morgan fingerprint density at radius 3 is 2.29 bits per heavy atom. The average Bonchev–Trinajstić information content (AvgIpc) is 2.55. The van der Waals surface area contributed by atoms with Crippen LogP contribution in [0.1, 0.15) is 20.7 Å². The van der Waals surface area contributed by atoms with E-state index in [1.807, 2.05) is 12.1 Å². The zero-order valence-corrected chi connectivity index (χ0v) is 12.3. The third-order valence-corrected chi connectivity index (χ3v) is 3.66. The first-order chi connectivity index (χ1) is 10.2. The van der Waals surface area contributed by atoms with Gasteiger partial charge < -0.3 is 10.6 Å². The molecule has 0 spiro atoms. The van der Waals surface area contributed by atoms with Gasteiger partial charge in [0.05, 0.1) is 17.0 Å². The smallest absolute Gasteiger partial charge is 0.252 e. The van der Waals surface area contributed by atoms with Gasteiger partial charge in [-0.25, -0.2) is 0 Å². The highest BCUT2D eigenvalue weighted by Crippen LogP contribution is 2.15. The highest BCUT2D eigenvalue weighted by molar-refractivity contribution is 7.99. The first kappa shape index (κ1) is 15.1. The number of amides is 2. The van der Waals surface area contributed by atoms with Crippen molar-refractivity contribution in [2.24, 2.45) is 0 Å². The number of carbonyl (C=O) groups excluding carboxylic acids is 2. The first-order valence-electron chi connectivity index (χ1n) is 6.34. The molecule has 0 radical (unpaired) electrons. The van der Waals surface area contributed by atoms with Crippen molar-refractivity contribution in [1.82, 2.24) is 15.6 Å². The summed E-state index contributed by atoms with van der Waals surface area (Å²) in [5.74, 6) is -0.122. The monoisotopic (exact) mass is 301 g/mol. The highest BCUT2D eigenvalue weighted by Gasteiger charge is 2.15. The van der Waals surface area contributed by atoms with Gasteiger partial charge in [-0.15, -0.1) is 11.8 Å². The van der Waals surface area contributed by atoms with Crippen molar-refractivity contribution in [3.8, 4) is 0 Å². The number of aromatic nitrogens is 1. The number of nitrogens with zero attached hydrogens (tertiary/aromatic N) is 1. The summed E-state index contributed by atoms with van der Waals surface area (Å²) in [4.78, 5) is 28.8. The van der Waals surface area contributed by atoms with Crippen molar-refractivity contribution < 1.29 is 9.59 Å². The van der Waals surface area contributed by atoms with Gasteiger partial charge in [-0.1, -0.05) is 12.1 Å². The van der Waals surface area contributed by atoms with E-state index in [0.717, 1.165) is 4.90 Å². The Hall–Kier alpha value is -2.34. The quantitative estimate of drug-likeness (QED) is 0.654. The molecular weight excluding hydrogens is 286 g/mol. The zero-order chi connectivity index (χ0) is 15.1. The molecule has 1 aromatic carbocycles. The largest absolute Gasteiger partial charge is 0.355 e. The van der Waals surface area contributed by atoms with Gasteiger partial charge in [0.2, 0.25) is 0 Å².